The summed E-state index contributed by atoms with van der Waals surface area (Å²) in [5, 5.41) is 3.90. The fraction of sp³-hybridized carbons (Fsp3) is 0.308. The maximum atomic E-state index is 13.1. The van der Waals surface area contributed by atoms with E-state index in [1.165, 1.54) is 23.1 Å². The number of hydrogen-bond donors (Lipinski definition) is 0. The number of nitrogens with zero attached hydrogens (tertiary/aromatic N) is 4. The first-order valence-corrected chi connectivity index (χ1v) is 13.0. The molecule has 6 nitrogen and oxygen atoms in total. The number of hydrogen-bond acceptors (Lipinski definition) is 6. The van der Waals surface area contributed by atoms with Crippen molar-refractivity contribution in [3.05, 3.63) is 74.5 Å². The topological polar surface area (TPSA) is 68.1 Å². The van der Waals surface area contributed by atoms with Crippen LogP contribution < -0.4 is 10.5 Å². The van der Waals surface area contributed by atoms with Crippen LogP contribution in [0.1, 0.15) is 49.2 Å². The molecule has 1 amide bonds. The molecule has 0 saturated heterocycles. The van der Waals surface area contributed by atoms with Gasteiger partial charge < -0.3 is 0 Å². The van der Waals surface area contributed by atoms with E-state index in [2.05, 4.69) is 19.1 Å². The second-order valence-corrected chi connectivity index (χ2v) is 10.5. The molecule has 4 rings (SSSR count). The lowest BCUT2D eigenvalue weighted by atomic mass is 10.0. The highest BCUT2D eigenvalue weighted by atomic mass is 32.2. The molecule has 0 saturated carbocycles. The largest absolute Gasteiger partial charge is 0.285 e. The molecule has 0 unspecified atom stereocenters. The standard InChI is InChI=1S/C26H28N4O2S2/c1-15(2)29-24(32)21-9-7-8-10-22(21)28-26(29)34-14-20-13-33-25(27-20)30(19(6)31)23-17(4)11-16(3)12-18(23)5/h7-13,15H,14H2,1-6H3. The van der Waals surface area contributed by atoms with Crippen molar-refractivity contribution in [1.82, 2.24) is 14.5 Å². The number of aryl methyl sites for hydroxylation is 3. The normalized spacial score (nSPS) is 11.4. The number of thioether (sulfide) groups is 1. The molecule has 0 aliphatic carbocycles. The molecular weight excluding hydrogens is 464 g/mol. The van der Waals surface area contributed by atoms with Crippen molar-refractivity contribution in [3.8, 4) is 0 Å². The smallest absolute Gasteiger partial charge is 0.262 e. The minimum atomic E-state index is -0.0755. The van der Waals surface area contributed by atoms with Gasteiger partial charge in [0.05, 0.1) is 22.3 Å². The van der Waals surface area contributed by atoms with Crippen LogP contribution in [0.3, 0.4) is 0 Å². The van der Waals surface area contributed by atoms with Gasteiger partial charge in [-0.3, -0.25) is 19.1 Å². The van der Waals surface area contributed by atoms with Crippen molar-refractivity contribution in [2.24, 2.45) is 0 Å². The Labute approximate surface area is 207 Å². The summed E-state index contributed by atoms with van der Waals surface area (Å²) in [7, 11) is 0. The molecule has 0 N–H and O–H groups in total. The number of carbonyl (C=O) groups excluding carboxylic acids is 1. The second kappa shape index (κ2) is 9.72. The van der Waals surface area contributed by atoms with E-state index in [9.17, 15) is 9.59 Å². The van der Waals surface area contributed by atoms with Gasteiger partial charge in [0.2, 0.25) is 5.91 Å². The number of benzene rings is 2. The molecule has 0 aliphatic rings. The number of para-hydroxylation sites is 1. The lowest BCUT2D eigenvalue weighted by Crippen LogP contribution is -2.25. The van der Waals surface area contributed by atoms with Crippen LogP contribution in [0.5, 0.6) is 0 Å². The second-order valence-electron chi connectivity index (χ2n) is 8.69. The van der Waals surface area contributed by atoms with Crippen molar-refractivity contribution in [1.29, 1.82) is 0 Å². The predicted molar refractivity (Wildman–Crippen MR) is 142 cm³/mol. The van der Waals surface area contributed by atoms with Crippen LogP contribution in [0.15, 0.2) is 51.7 Å². The van der Waals surface area contributed by atoms with E-state index in [1.54, 1.807) is 16.4 Å². The Hall–Kier alpha value is -2.97. The zero-order chi connectivity index (χ0) is 24.6. The SMILES string of the molecule is CC(=O)N(c1nc(CSc2nc3ccccc3c(=O)n2C(C)C)cs1)c1c(C)cc(C)cc1C. The maximum absolute atomic E-state index is 13.1. The monoisotopic (exact) mass is 492 g/mol. The molecule has 2 heterocycles. The Morgan fingerprint density at radius 3 is 2.44 bits per heavy atom. The first kappa shape index (κ1) is 24.2. The van der Waals surface area contributed by atoms with Crippen LogP contribution in [0, 0.1) is 20.8 Å². The van der Waals surface area contributed by atoms with Crippen LogP contribution in [0.4, 0.5) is 10.8 Å². The van der Waals surface area contributed by atoms with Gasteiger partial charge in [-0.1, -0.05) is 41.6 Å². The summed E-state index contributed by atoms with van der Waals surface area (Å²) >= 11 is 2.93. The van der Waals surface area contributed by atoms with Crippen LogP contribution >= 0.6 is 23.1 Å². The van der Waals surface area contributed by atoms with Gasteiger partial charge in [0.25, 0.3) is 5.56 Å². The van der Waals surface area contributed by atoms with Crippen LogP contribution in [-0.4, -0.2) is 20.4 Å². The molecule has 0 atom stereocenters. The third-order valence-corrected chi connectivity index (χ3v) is 7.41. The van der Waals surface area contributed by atoms with Crippen LogP contribution in [0.2, 0.25) is 0 Å². The molecule has 4 aromatic rings. The van der Waals surface area contributed by atoms with E-state index in [0.717, 1.165) is 28.1 Å². The first-order valence-electron chi connectivity index (χ1n) is 11.1. The molecule has 34 heavy (non-hydrogen) atoms. The summed E-state index contributed by atoms with van der Waals surface area (Å²) in [6.45, 7) is 11.6. The summed E-state index contributed by atoms with van der Waals surface area (Å²) in [6, 6.07) is 11.6. The van der Waals surface area contributed by atoms with Crippen molar-refractivity contribution < 1.29 is 4.79 Å². The Morgan fingerprint density at radius 2 is 1.79 bits per heavy atom. The van der Waals surface area contributed by atoms with Crippen molar-refractivity contribution >= 4 is 50.7 Å². The average molecular weight is 493 g/mol. The number of carbonyl (C=O) groups is 1. The Balaban J connectivity index is 1.65. The molecule has 176 valence electrons. The molecule has 0 fully saturated rings. The third kappa shape index (κ3) is 4.65. The molecular formula is C26H28N4O2S2. The predicted octanol–water partition coefficient (Wildman–Crippen LogP) is 6.34. The maximum Gasteiger partial charge on any atom is 0.262 e. The summed E-state index contributed by atoms with van der Waals surface area (Å²) in [4.78, 5) is 36.9. The molecule has 8 heteroatoms. The fourth-order valence-corrected chi connectivity index (χ4v) is 6.20. The lowest BCUT2D eigenvalue weighted by molar-refractivity contribution is -0.115. The van der Waals surface area contributed by atoms with E-state index in [1.807, 2.05) is 57.3 Å². The molecule has 0 bridgehead atoms. The lowest BCUT2D eigenvalue weighted by Gasteiger charge is -2.23. The molecule has 0 radical (unpaired) electrons. The number of amides is 1. The highest BCUT2D eigenvalue weighted by molar-refractivity contribution is 7.98. The highest BCUT2D eigenvalue weighted by Gasteiger charge is 2.22. The minimum absolute atomic E-state index is 0.0150. The molecule has 0 aliphatic heterocycles. The number of anilines is 2. The summed E-state index contributed by atoms with van der Waals surface area (Å²) in [5.74, 6) is 0.472. The molecule has 0 spiro atoms. The van der Waals surface area contributed by atoms with Gasteiger partial charge in [0, 0.05) is 24.1 Å². The fourth-order valence-electron chi connectivity index (χ4n) is 4.20. The van der Waals surface area contributed by atoms with Gasteiger partial charge >= 0.3 is 0 Å². The minimum Gasteiger partial charge on any atom is -0.285 e. The van der Waals surface area contributed by atoms with Gasteiger partial charge in [0.15, 0.2) is 10.3 Å². The summed E-state index contributed by atoms with van der Waals surface area (Å²) < 4.78 is 1.74. The zero-order valence-corrected chi connectivity index (χ0v) is 21.9. The van der Waals surface area contributed by atoms with Crippen molar-refractivity contribution in [2.75, 3.05) is 4.90 Å². The van der Waals surface area contributed by atoms with E-state index in [4.69, 9.17) is 9.97 Å². The number of fused-ring (bicyclic) bond motifs is 1. The van der Waals surface area contributed by atoms with Gasteiger partial charge in [-0.2, -0.15) is 0 Å². The van der Waals surface area contributed by atoms with Gasteiger partial charge in [-0.15, -0.1) is 11.3 Å². The van der Waals surface area contributed by atoms with Gasteiger partial charge in [0.1, 0.15) is 0 Å². The van der Waals surface area contributed by atoms with Crippen LogP contribution in [0.25, 0.3) is 10.9 Å². The van der Waals surface area contributed by atoms with Crippen molar-refractivity contribution in [3.63, 3.8) is 0 Å². The number of rotatable bonds is 6. The highest BCUT2D eigenvalue weighted by Crippen LogP contribution is 2.35. The number of thiazole rings is 1. The van der Waals surface area contributed by atoms with E-state index < -0.39 is 0 Å². The zero-order valence-electron chi connectivity index (χ0n) is 20.2. The average Bonchev–Trinajstić information content (AvgIpc) is 3.22. The Bertz CT molecular complexity index is 1420. The van der Waals surface area contributed by atoms with E-state index >= 15 is 0 Å². The summed E-state index contributed by atoms with van der Waals surface area (Å²) in [6.07, 6.45) is 0. The molecule has 2 aromatic heterocycles. The number of aromatic nitrogens is 3. The van der Waals surface area contributed by atoms with Crippen LogP contribution in [-0.2, 0) is 10.5 Å². The van der Waals surface area contributed by atoms with Gasteiger partial charge in [-0.25, -0.2) is 9.97 Å². The Morgan fingerprint density at radius 1 is 1.12 bits per heavy atom. The first-order chi connectivity index (χ1) is 16.2. The van der Waals surface area contributed by atoms with Gasteiger partial charge in [-0.05, 0) is 57.9 Å². The Kier molecular flexibility index (Phi) is 6.91. The van der Waals surface area contributed by atoms with Crippen molar-refractivity contribution in [2.45, 2.75) is 58.5 Å². The quantitative estimate of drug-likeness (QED) is 0.232. The third-order valence-electron chi connectivity index (χ3n) is 5.55. The van der Waals surface area contributed by atoms with E-state index in [0.29, 0.717) is 26.9 Å². The van der Waals surface area contributed by atoms with E-state index in [-0.39, 0.29) is 17.5 Å². The summed E-state index contributed by atoms with van der Waals surface area (Å²) in [5.41, 5.74) is 5.64. The molecule has 2 aromatic carbocycles.